The van der Waals surface area contributed by atoms with E-state index in [1.165, 1.54) is 64.2 Å². The van der Waals surface area contributed by atoms with Crippen molar-refractivity contribution in [2.24, 2.45) is 46.3 Å². The molecule has 0 aromatic heterocycles. The van der Waals surface area contributed by atoms with Crippen molar-refractivity contribution >= 4 is 0 Å². The molecule has 0 heterocycles. The van der Waals surface area contributed by atoms with Gasteiger partial charge in [-0.15, -0.1) is 0 Å². The van der Waals surface area contributed by atoms with Gasteiger partial charge in [0.2, 0.25) is 0 Å². The van der Waals surface area contributed by atoms with Gasteiger partial charge in [-0.05, 0) is 109 Å². The molecule has 0 radical (unpaired) electrons. The Kier molecular flexibility index (Phi) is 6.61. The van der Waals surface area contributed by atoms with Gasteiger partial charge in [0.25, 0.3) is 0 Å². The minimum atomic E-state index is 0.347. The van der Waals surface area contributed by atoms with Crippen LogP contribution < -0.4 is 0 Å². The maximum atomic E-state index is 9.46. The molecule has 170 valence electrons. The van der Waals surface area contributed by atoms with Crippen LogP contribution in [0.3, 0.4) is 0 Å². The zero-order chi connectivity index (χ0) is 21.5. The van der Waals surface area contributed by atoms with Gasteiger partial charge >= 0.3 is 0 Å². The SMILES string of the molecule is CC(C)[C@H](CCO)CC[C@@H](C)[C@H]1CC=C2C3=CCC4CCCC[C@]4(C)[C@H]3CC[C@@]21C. The molecule has 7 atom stereocenters. The minimum Gasteiger partial charge on any atom is -0.396 e. The van der Waals surface area contributed by atoms with E-state index in [2.05, 4.69) is 46.8 Å². The Morgan fingerprint density at radius 2 is 1.77 bits per heavy atom. The molecule has 1 nitrogen and oxygen atoms in total. The standard InChI is InChI=1S/C29H48O/c1-20(2)22(16-19-30)10-9-21(3)25-13-14-26-24-12-11-23-8-6-7-17-28(23,4)27(24)15-18-29(25,26)5/h12,14,20-23,25,27,30H,6-11,13,15-19H2,1-5H3/t21-,22+,23?,25-,27+,28+,29-/m1/s1. The lowest BCUT2D eigenvalue weighted by atomic mass is 9.49. The highest BCUT2D eigenvalue weighted by atomic mass is 16.3. The van der Waals surface area contributed by atoms with Gasteiger partial charge in [-0.1, -0.05) is 66.0 Å². The van der Waals surface area contributed by atoms with Gasteiger partial charge in [-0.2, -0.15) is 0 Å². The van der Waals surface area contributed by atoms with E-state index in [-0.39, 0.29) is 0 Å². The summed E-state index contributed by atoms with van der Waals surface area (Å²) in [6.07, 6.45) is 20.3. The summed E-state index contributed by atoms with van der Waals surface area (Å²) < 4.78 is 0. The first kappa shape index (κ1) is 22.6. The molecule has 1 heteroatoms. The fraction of sp³-hybridized carbons (Fsp3) is 0.862. The third kappa shape index (κ3) is 3.76. The molecule has 0 aromatic carbocycles. The Balaban J connectivity index is 1.47. The van der Waals surface area contributed by atoms with Crippen molar-refractivity contribution in [3.8, 4) is 0 Å². The van der Waals surface area contributed by atoms with Gasteiger partial charge in [-0.25, -0.2) is 0 Å². The molecule has 2 saturated carbocycles. The summed E-state index contributed by atoms with van der Waals surface area (Å²) in [6.45, 7) is 12.8. The lowest BCUT2D eigenvalue weighted by molar-refractivity contribution is 0.0240. The average molecular weight is 413 g/mol. The van der Waals surface area contributed by atoms with Crippen molar-refractivity contribution in [2.75, 3.05) is 6.61 Å². The monoisotopic (exact) mass is 412 g/mol. The zero-order valence-electron chi connectivity index (χ0n) is 20.6. The van der Waals surface area contributed by atoms with Crippen molar-refractivity contribution in [2.45, 2.75) is 105 Å². The largest absolute Gasteiger partial charge is 0.396 e. The van der Waals surface area contributed by atoms with Crippen LogP contribution in [0.1, 0.15) is 105 Å². The van der Waals surface area contributed by atoms with Crippen LogP contribution in [-0.2, 0) is 0 Å². The number of aliphatic hydroxyl groups is 1. The quantitative estimate of drug-likeness (QED) is 0.450. The third-order valence-electron chi connectivity index (χ3n) is 10.6. The molecule has 0 aromatic rings. The molecule has 1 unspecified atom stereocenters. The smallest absolute Gasteiger partial charge is 0.0433 e. The van der Waals surface area contributed by atoms with Gasteiger partial charge in [0, 0.05) is 6.61 Å². The Morgan fingerprint density at radius 1 is 0.967 bits per heavy atom. The normalized spacial score (nSPS) is 40.2. The maximum absolute atomic E-state index is 9.46. The second-order valence-corrected chi connectivity index (χ2v) is 12.4. The fourth-order valence-corrected chi connectivity index (χ4v) is 8.49. The summed E-state index contributed by atoms with van der Waals surface area (Å²) in [4.78, 5) is 0. The molecule has 0 bridgehead atoms. The van der Waals surface area contributed by atoms with Crippen LogP contribution in [0.15, 0.2) is 23.3 Å². The highest BCUT2D eigenvalue weighted by Gasteiger charge is 2.54. The summed E-state index contributed by atoms with van der Waals surface area (Å²) in [6, 6.07) is 0. The molecule has 0 saturated heterocycles. The molecule has 4 aliphatic carbocycles. The van der Waals surface area contributed by atoms with E-state index in [1.54, 1.807) is 11.1 Å². The van der Waals surface area contributed by atoms with Crippen LogP contribution >= 0.6 is 0 Å². The van der Waals surface area contributed by atoms with Crippen LogP contribution in [0.2, 0.25) is 0 Å². The Morgan fingerprint density at radius 3 is 2.50 bits per heavy atom. The number of fused-ring (bicyclic) bond motifs is 5. The Labute approximate surface area is 186 Å². The first-order chi connectivity index (χ1) is 14.3. The van der Waals surface area contributed by atoms with E-state index >= 15 is 0 Å². The molecular weight excluding hydrogens is 364 g/mol. The summed E-state index contributed by atoms with van der Waals surface area (Å²) in [5.74, 6) is 4.74. The summed E-state index contributed by atoms with van der Waals surface area (Å²) in [5.41, 5.74) is 4.54. The summed E-state index contributed by atoms with van der Waals surface area (Å²) >= 11 is 0. The van der Waals surface area contributed by atoms with Crippen molar-refractivity contribution in [3.05, 3.63) is 23.3 Å². The maximum Gasteiger partial charge on any atom is 0.0433 e. The minimum absolute atomic E-state index is 0.347. The Hall–Kier alpha value is -0.560. The van der Waals surface area contributed by atoms with Crippen molar-refractivity contribution in [1.82, 2.24) is 0 Å². The molecule has 0 spiro atoms. The van der Waals surface area contributed by atoms with Crippen LogP contribution in [0.4, 0.5) is 0 Å². The lowest BCUT2D eigenvalue weighted by Crippen LogP contribution is -2.46. The molecule has 30 heavy (non-hydrogen) atoms. The van der Waals surface area contributed by atoms with E-state index in [4.69, 9.17) is 0 Å². The molecule has 4 aliphatic rings. The highest BCUT2D eigenvalue weighted by Crippen LogP contribution is 2.65. The highest BCUT2D eigenvalue weighted by molar-refractivity contribution is 5.46. The van der Waals surface area contributed by atoms with Crippen molar-refractivity contribution in [1.29, 1.82) is 0 Å². The van der Waals surface area contributed by atoms with Crippen LogP contribution in [0.5, 0.6) is 0 Å². The van der Waals surface area contributed by atoms with Crippen LogP contribution in [0.25, 0.3) is 0 Å². The topological polar surface area (TPSA) is 20.2 Å². The second-order valence-electron chi connectivity index (χ2n) is 12.4. The third-order valence-corrected chi connectivity index (χ3v) is 10.6. The van der Waals surface area contributed by atoms with Gasteiger partial charge in [0.05, 0.1) is 0 Å². The van der Waals surface area contributed by atoms with Crippen LogP contribution in [-0.4, -0.2) is 11.7 Å². The van der Waals surface area contributed by atoms with E-state index in [0.29, 0.717) is 29.3 Å². The molecule has 0 amide bonds. The van der Waals surface area contributed by atoms with E-state index in [0.717, 1.165) is 30.1 Å². The molecular formula is C29H48O. The predicted octanol–water partition coefficient (Wildman–Crippen LogP) is 7.95. The number of hydrogen-bond acceptors (Lipinski definition) is 1. The summed E-state index contributed by atoms with van der Waals surface area (Å²) in [7, 11) is 0. The lowest BCUT2D eigenvalue weighted by Gasteiger charge is -2.56. The van der Waals surface area contributed by atoms with Crippen LogP contribution in [0, 0.1) is 46.3 Å². The van der Waals surface area contributed by atoms with Crippen molar-refractivity contribution < 1.29 is 5.11 Å². The second kappa shape index (κ2) is 8.76. The number of aliphatic hydroxyl groups excluding tert-OH is 1. The first-order valence-electron chi connectivity index (χ1n) is 13.3. The first-order valence-corrected chi connectivity index (χ1v) is 13.3. The fourth-order valence-electron chi connectivity index (χ4n) is 8.49. The Bertz CT molecular complexity index is 672. The average Bonchev–Trinajstić information content (AvgIpc) is 3.07. The molecule has 2 fully saturated rings. The van der Waals surface area contributed by atoms with E-state index < -0.39 is 0 Å². The van der Waals surface area contributed by atoms with E-state index in [1.807, 2.05) is 0 Å². The molecule has 1 N–H and O–H groups in total. The van der Waals surface area contributed by atoms with Gasteiger partial charge in [0.15, 0.2) is 0 Å². The zero-order valence-corrected chi connectivity index (χ0v) is 20.6. The molecule has 4 rings (SSSR count). The van der Waals surface area contributed by atoms with Gasteiger partial charge in [0.1, 0.15) is 0 Å². The van der Waals surface area contributed by atoms with Crippen molar-refractivity contribution in [3.63, 3.8) is 0 Å². The number of allylic oxidation sites excluding steroid dienone is 4. The molecule has 0 aliphatic heterocycles. The van der Waals surface area contributed by atoms with Gasteiger partial charge < -0.3 is 5.11 Å². The summed E-state index contributed by atoms with van der Waals surface area (Å²) in [5, 5.41) is 9.46. The van der Waals surface area contributed by atoms with Gasteiger partial charge in [-0.3, -0.25) is 0 Å². The number of hydrogen-bond donors (Lipinski definition) is 1. The number of rotatable bonds is 7. The predicted molar refractivity (Wildman–Crippen MR) is 128 cm³/mol. The van der Waals surface area contributed by atoms with E-state index in [9.17, 15) is 5.11 Å².